The Bertz CT molecular complexity index is 826. The highest BCUT2D eigenvalue weighted by Gasteiger charge is 2.25. The lowest BCUT2D eigenvalue weighted by Gasteiger charge is -2.16. The monoisotopic (exact) mass is 332 g/mol. The van der Waals surface area contributed by atoms with Gasteiger partial charge in [0.25, 0.3) is 5.91 Å². The zero-order valence-corrected chi connectivity index (χ0v) is 13.8. The molecule has 4 rings (SSSR count). The van der Waals surface area contributed by atoms with E-state index in [0.717, 1.165) is 23.5 Å². The van der Waals surface area contributed by atoms with Crippen molar-refractivity contribution in [2.75, 3.05) is 5.32 Å². The number of amides is 1. The molecule has 1 N–H and O–H groups in total. The maximum atomic E-state index is 12.7. The molecule has 1 amide bonds. The van der Waals surface area contributed by atoms with Gasteiger partial charge in [-0.3, -0.25) is 10.1 Å². The van der Waals surface area contributed by atoms with E-state index in [0.29, 0.717) is 11.2 Å². The summed E-state index contributed by atoms with van der Waals surface area (Å²) in [4.78, 5) is 12.7. The zero-order valence-electron chi connectivity index (χ0n) is 12.2. The lowest BCUT2D eigenvalue weighted by atomic mass is 10.2. The van der Waals surface area contributed by atoms with Gasteiger partial charge in [0.05, 0.1) is 10.2 Å². The van der Waals surface area contributed by atoms with E-state index in [2.05, 4.69) is 31.5 Å². The normalized spacial score (nSPS) is 15.7. The van der Waals surface area contributed by atoms with Crippen molar-refractivity contribution in [3.63, 3.8) is 0 Å². The Morgan fingerprint density at radius 1 is 1.36 bits per heavy atom. The SMILES string of the molecule is Cc1nnc(NC(=O)c2cc3sccc3n2C2CCCC2)s1. The average molecular weight is 332 g/mol. The van der Waals surface area contributed by atoms with E-state index < -0.39 is 0 Å². The number of nitrogens with zero attached hydrogens (tertiary/aromatic N) is 3. The van der Waals surface area contributed by atoms with Crippen molar-refractivity contribution in [1.82, 2.24) is 14.8 Å². The molecule has 0 aliphatic heterocycles. The molecule has 1 fully saturated rings. The smallest absolute Gasteiger partial charge is 0.274 e. The highest BCUT2D eigenvalue weighted by atomic mass is 32.1. The van der Waals surface area contributed by atoms with Crippen molar-refractivity contribution in [3.05, 3.63) is 28.2 Å². The standard InChI is InChI=1S/C15H16N4OS2/c1-9-17-18-15(22-9)16-14(20)12-8-13-11(6-7-21-13)19(12)10-4-2-3-5-10/h6-8,10H,2-5H2,1H3,(H,16,18,20). The number of aromatic nitrogens is 3. The summed E-state index contributed by atoms with van der Waals surface area (Å²) in [7, 11) is 0. The topological polar surface area (TPSA) is 59.8 Å². The molecular weight excluding hydrogens is 316 g/mol. The molecule has 0 atom stereocenters. The fraction of sp³-hybridized carbons (Fsp3) is 0.400. The van der Waals surface area contributed by atoms with Gasteiger partial charge in [-0.2, -0.15) is 0 Å². The number of hydrogen-bond donors (Lipinski definition) is 1. The highest BCUT2D eigenvalue weighted by Crippen LogP contribution is 2.36. The number of aryl methyl sites for hydroxylation is 1. The molecule has 0 radical (unpaired) electrons. The van der Waals surface area contributed by atoms with Crippen LogP contribution in [0.25, 0.3) is 10.2 Å². The Hall–Kier alpha value is -1.73. The number of nitrogens with one attached hydrogen (secondary N) is 1. The zero-order chi connectivity index (χ0) is 15.1. The lowest BCUT2D eigenvalue weighted by Crippen LogP contribution is -2.19. The molecular formula is C15H16N4OS2. The molecule has 0 saturated heterocycles. The van der Waals surface area contributed by atoms with Crippen LogP contribution in [0.3, 0.4) is 0 Å². The molecule has 3 aromatic heterocycles. The molecule has 0 unspecified atom stereocenters. The first kappa shape index (κ1) is 13.9. The second-order valence-electron chi connectivity index (χ2n) is 5.59. The van der Waals surface area contributed by atoms with Gasteiger partial charge in [0.1, 0.15) is 10.7 Å². The Morgan fingerprint density at radius 3 is 2.91 bits per heavy atom. The first-order valence-electron chi connectivity index (χ1n) is 7.42. The van der Waals surface area contributed by atoms with Crippen molar-refractivity contribution in [2.24, 2.45) is 0 Å². The number of anilines is 1. The van der Waals surface area contributed by atoms with Crippen molar-refractivity contribution >= 4 is 43.9 Å². The first-order valence-corrected chi connectivity index (χ1v) is 9.12. The molecule has 0 bridgehead atoms. The summed E-state index contributed by atoms with van der Waals surface area (Å²) >= 11 is 3.08. The van der Waals surface area contributed by atoms with Crippen LogP contribution in [0, 0.1) is 6.92 Å². The maximum absolute atomic E-state index is 12.7. The van der Waals surface area contributed by atoms with E-state index in [9.17, 15) is 4.79 Å². The first-order chi connectivity index (χ1) is 10.7. The molecule has 5 nitrogen and oxygen atoms in total. The molecule has 1 aliphatic rings. The summed E-state index contributed by atoms with van der Waals surface area (Å²) in [6.45, 7) is 1.88. The van der Waals surface area contributed by atoms with E-state index in [-0.39, 0.29) is 5.91 Å². The number of rotatable bonds is 3. The molecule has 3 heterocycles. The van der Waals surface area contributed by atoms with Crippen LogP contribution in [-0.4, -0.2) is 20.7 Å². The molecule has 0 spiro atoms. The van der Waals surface area contributed by atoms with Crippen LogP contribution < -0.4 is 5.32 Å². The number of carbonyl (C=O) groups is 1. The van der Waals surface area contributed by atoms with Gasteiger partial charge in [0.2, 0.25) is 5.13 Å². The minimum absolute atomic E-state index is 0.0913. The minimum atomic E-state index is -0.0913. The van der Waals surface area contributed by atoms with Crippen LogP contribution in [0.15, 0.2) is 17.5 Å². The second-order valence-corrected chi connectivity index (χ2v) is 7.72. The lowest BCUT2D eigenvalue weighted by molar-refractivity contribution is 0.101. The van der Waals surface area contributed by atoms with Gasteiger partial charge in [-0.05, 0) is 37.3 Å². The van der Waals surface area contributed by atoms with Gasteiger partial charge in [0.15, 0.2) is 0 Å². The van der Waals surface area contributed by atoms with Crippen LogP contribution in [0.2, 0.25) is 0 Å². The van der Waals surface area contributed by atoms with Crippen molar-refractivity contribution in [1.29, 1.82) is 0 Å². The third-order valence-electron chi connectivity index (χ3n) is 4.13. The van der Waals surface area contributed by atoms with Gasteiger partial charge >= 0.3 is 0 Å². The quantitative estimate of drug-likeness (QED) is 0.781. The Morgan fingerprint density at radius 2 is 2.18 bits per heavy atom. The summed E-state index contributed by atoms with van der Waals surface area (Å²) in [6, 6.07) is 4.55. The summed E-state index contributed by atoms with van der Waals surface area (Å²) in [5.41, 5.74) is 1.91. The molecule has 22 heavy (non-hydrogen) atoms. The third kappa shape index (κ3) is 2.34. The van der Waals surface area contributed by atoms with Gasteiger partial charge in [-0.1, -0.05) is 24.2 Å². The van der Waals surface area contributed by atoms with E-state index >= 15 is 0 Å². The Kier molecular flexibility index (Phi) is 3.46. The predicted octanol–water partition coefficient (Wildman–Crippen LogP) is 4.23. The maximum Gasteiger partial charge on any atom is 0.274 e. The van der Waals surface area contributed by atoms with Gasteiger partial charge in [-0.25, -0.2) is 0 Å². The molecule has 3 aromatic rings. The van der Waals surface area contributed by atoms with Crippen molar-refractivity contribution < 1.29 is 4.79 Å². The van der Waals surface area contributed by atoms with E-state index in [1.165, 1.54) is 34.4 Å². The van der Waals surface area contributed by atoms with Crippen molar-refractivity contribution in [3.8, 4) is 0 Å². The largest absolute Gasteiger partial charge is 0.333 e. The molecule has 0 aromatic carbocycles. The fourth-order valence-electron chi connectivity index (χ4n) is 3.18. The fourth-order valence-corrected chi connectivity index (χ4v) is 4.58. The summed E-state index contributed by atoms with van der Waals surface area (Å²) in [5, 5.41) is 14.3. The predicted molar refractivity (Wildman–Crippen MR) is 89.9 cm³/mol. The van der Waals surface area contributed by atoms with Gasteiger partial charge in [0, 0.05) is 6.04 Å². The van der Waals surface area contributed by atoms with Crippen LogP contribution in [-0.2, 0) is 0 Å². The van der Waals surface area contributed by atoms with Crippen LogP contribution in [0.1, 0.15) is 47.2 Å². The van der Waals surface area contributed by atoms with Crippen LogP contribution in [0.4, 0.5) is 5.13 Å². The number of fused-ring (bicyclic) bond motifs is 1. The summed E-state index contributed by atoms with van der Waals surface area (Å²) in [6.07, 6.45) is 4.78. The molecule has 1 saturated carbocycles. The Balaban J connectivity index is 1.72. The van der Waals surface area contributed by atoms with Gasteiger partial charge < -0.3 is 4.57 Å². The molecule has 7 heteroatoms. The minimum Gasteiger partial charge on any atom is -0.333 e. The third-order valence-corrected chi connectivity index (χ3v) is 5.74. The summed E-state index contributed by atoms with van der Waals surface area (Å²) in [5.74, 6) is -0.0913. The summed E-state index contributed by atoms with van der Waals surface area (Å²) < 4.78 is 3.40. The van der Waals surface area contributed by atoms with E-state index in [1.807, 2.05) is 13.0 Å². The van der Waals surface area contributed by atoms with E-state index in [4.69, 9.17) is 0 Å². The Labute approximate surface area is 136 Å². The average Bonchev–Trinajstić information content (AvgIpc) is 3.20. The van der Waals surface area contributed by atoms with Crippen molar-refractivity contribution in [2.45, 2.75) is 38.6 Å². The molecule has 114 valence electrons. The van der Waals surface area contributed by atoms with Crippen LogP contribution in [0.5, 0.6) is 0 Å². The number of hydrogen-bond acceptors (Lipinski definition) is 5. The van der Waals surface area contributed by atoms with Gasteiger partial charge in [-0.15, -0.1) is 21.5 Å². The number of carbonyl (C=O) groups excluding carboxylic acids is 1. The van der Waals surface area contributed by atoms with E-state index in [1.54, 1.807) is 11.3 Å². The number of thiophene rings is 1. The van der Waals surface area contributed by atoms with Crippen LogP contribution >= 0.6 is 22.7 Å². The second kappa shape index (κ2) is 5.48. The molecule has 1 aliphatic carbocycles. The highest BCUT2D eigenvalue weighted by molar-refractivity contribution is 7.17.